The van der Waals surface area contributed by atoms with Crippen LogP contribution in [0.3, 0.4) is 0 Å². The Morgan fingerprint density at radius 1 is 1.53 bits per heavy atom. The molecule has 0 aliphatic carbocycles. The summed E-state index contributed by atoms with van der Waals surface area (Å²) < 4.78 is 7.32. The molecule has 1 atom stereocenters. The van der Waals surface area contributed by atoms with E-state index in [2.05, 4.69) is 10.3 Å². The van der Waals surface area contributed by atoms with Crippen molar-refractivity contribution in [3.63, 3.8) is 0 Å². The summed E-state index contributed by atoms with van der Waals surface area (Å²) in [5.74, 6) is 0.00117. The quantitative estimate of drug-likeness (QED) is 0.896. The molecule has 0 unspecified atom stereocenters. The number of aromatic nitrogens is 2. The molecule has 5 nitrogen and oxygen atoms in total. The lowest BCUT2D eigenvalue weighted by Gasteiger charge is -2.09. The van der Waals surface area contributed by atoms with Crippen molar-refractivity contribution in [3.8, 4) is 0 Å². The van der Waals surface area contributed by atoms with Gasteiger partial charge in [0.15, 0.2) is 0 Å². The third kappa shape index (κ3) is 2.76. The van der Waals surface area contributed by atoms with E-state index in [1.165, 1.54) is 0 Å². The van der Waals surface area contributed by atoms with E-state index in [1.54, 1.807) is 0 Å². The fraction of sp³-hybridized carbons (Fsp3) is 0.429. The SMILES string of the molecule is O=C(NCCc1cn2ccccc2n1)[C@H]1CCCO1. The maximum absolute atomic E-state index is 11.7. The minimum absolute atomic E-state index is 0.00117. The van der Waals surface area contributed by atoms with Crippen LogP contribution in [0.4, 0.5) is 0 Å². The van der Waals surface area contributed by atoms with E-state index in [9.17, 15) is 4.79 Å². The second-order valence-corrected chi connectivity index (χ2v) is 4.74. The third-order valence-corrected chi connectivity index (χ3v) is 3.32. The van der Waals surface area contributed by atoms with Gasteiger partial charge in [-0.05, 0) is 25.0 Å². The highest BCUT2D eigenvalue weighted by Gasteiger charge is 2.22. The first-order valence-electron chi connectivity index (χ1n) is 6.65. The van der Waals surface area contributed by atoms with Crippen molar-refractivity contribution >= 4 is 11.6 Å². The molecule has 1 N–H and O–H groups in total. The summed E-state index contributed by atoms with van der Waals surface area (Å²) in [6.45, 7) is 1.30. The van der Waals surface area contributed by atoms with Gasteiger partial charge in [0.1, 0.15) is 11.8 Å². The zero-order valence-corrected chi connectivity index (χ0v) is 10.7. The lowest BCUT2D eigenvalue weighted by Crippen LogP contribution is -2.35. The van der Waals surface area contributed by atoms with Gasteiger partial charge in [0.25, 0.3) is 0 Å². The monoisotopic (exact) mass is 259 g/mol. The first-order valence-corrected chi connectivity index (χ1v) is 6.65. The van der Waals surface area contributed by atoms with Gasteiger partial charge in [-0.1, -0.05) is 6.07 Å². The van der Waals surface area contributed by atoms with E-state index in [4.69, 9.17) is 4.74 Å². The van der Waals surface area contributed by atoms with Gasteiger partial charge >= 0.3 is 0 Å². The number of carbonyl (C=O) groups is 1. The molecule has 2 aromatic rings. The Labute approximate surface area is 111 Å². The average molecular weight is 259 g/mol. The normalized spacial score (nSPS) is 18.8. The van der Waals surface area contributed by atoms with E-state index in [-0.39, 0.29) is 12.0 Å². The summed E-state index contributed by atoms with van der Waals surface area (Å²) in [6.07, 6.45) is 6.26. The van der Waals surface area contributed by atoms with Crippen LogP contribution < -0.4 is 5.32 Å². The lowest BCUT2D eigenvalue weighted by atomic mass is 10.2. The summed E-state index contributed by atoms with van der Waals surface area (Å²) in [6, 6.07) is 5.90. The molecule has 3 heterocycles. The van der Waals surface area contributed by atoms with Crippen LogP contribution in [0.1, 0.15) is 18.5 Å². The van der Waals surface area contributed by atoms with E-state index in [0.29, 0.717) is 13.2 Å². The highest BCUT2D eigenvalue weighted by molar-refractivity contribution is 5.80. The molecule has 1 amide bonds. The minimum Gasteiger partial charge on any atom is -0.368 e. The van der Waals surface area contributed by atoms with Crippen LogP contribution in [0.5, 0.6) is 0 Å². The lowest BCUT2D eigenvalue weighted by molar-refractivity contribution is -0.129. The Morgan fingerprint density at radius 2 is 2.47 bits per heavy atom. The second kappa shape index (κ2) is 5.40. The molecule has 1 saturated heterocycles. The van der Waals surface area contributed by atoms with E-state index in [1.807, 2.05) is 35.0 Å². The molecule has 0 spiro atoms. The smallest absolute Gasteiger partial charge is 0.249 e. The van der Waals surface area contributed by atoms with E-state index < -0.39 is 0 Å². The predicted octanol–water partition coefficient (Wildman–Crippen LogP) is 1.17. The van der Waals surface area contributed by atoms with Gasteiger partial charge in [-0.25, -0.2) is 4.98 Å². The minimum atomic E-state index is -0.249. The summed E-state index contributed by atoms with van der Waals surface area (Å²) >= 11 is 0. The maximum atomic E-state index is 11.7. The van der Waals surface area contributed by atoms with Crippen LogP contribution in [0.25, 0.3) is 5.65 Å². The van der Waals surface area contributed by atoms with Gasteiger partial charge in [-0.3, -0.25) is 4.79 Å². The first kappa shape index (κ1) is 12.2. The van der Waals surface area contributed by atoms with Crippen molar-refractivity contribution in [2.24, 2.45) is 0 Å². The van der Waals surface area contributed by atoms with Gasteiger partial charge in [-0.15, -0.1) is 0 Å². The summed E-state index contributed by atoms with van der Waals surface area (Å²) in [5.41, 5.74) is 1.92. The first-order chi connectivity index (χ1) is 9.33. The number of nitrogens with zero attached hydrogens (tertiary/aromatic N) is 2. The molecule has 100 valence electrons. The van der Waals surface area contributed by atoms with Crippen molar-refractivity contribution in [3.05, 3.63) is 36.3 Å². The van der Waals surface area contributed by atoms with Crippen LogP contribution >= 0.6 is 0 Å². The molecule has 0 radical (unpaired) electrons. The average Bonchev–Trinajstić information content (AvgIpc) is 3.07. The zero-order chi connectivity index (χ0) is 13.1. The van der Waals surface area contributed by atoms with E-state index in [0.717, 1.165) is 30.6 Å². The summed E-state index contributed by atoms with van der Waals surface area (Å²) in [4.78, 5) is 16.2. The van der Waals surface area contributed by atoms with Crippen molar-refractivity contribution in [1.82, 2.24) is 14.7 Å². The Hall–Kier alpha value is -1.88. The largest absolute Gasteiger partial charge is 0.368 e. The molecule has 2 aromatic heterocycles. The Bertz CT molecular complexity index is 540. The molecule has 1 fully saturated rings. The van der Waals surface area contributed by atoms with Crippen molar-refractivity contribution in [2.75, 3.05) is 13.2 Å². The van der Waals surface area contributed by atoms with Crippen LogP contribution in [0, 0.1) is 0 Å². The number of nitrogens with one attached hydrogen (secondary N) is 1. The molecule has 19 heavy (non-hydrogen) atoms. The predicted molar refractivity (Wildman–Crippen MR) is 70.9 cm³/mol. The molecule has 3 rings (SSSR count). The number of hydrogen-bond acceptors (Lipinski definition) is 3. The molecular weight excluding hydrogens is 242 g/mol. The Balaban J connectivity index is 1.53. The van der Waals surface area contributed by atoms with Crippen LogP contribution in [-0.2, 0) is 16.0 Å². The van der Waals surface area contributed by atoms with Crippen molar-refractivity contribution < 1.29 is 9.53 Å². The fourth-order valence-corrected chi connectivity index (χ4v) is 2.32. The molecule has 1 aliphatic rings. The molecule has 1 aliphatic heterocycles. The van der Waals surface area contributed by atoms with Crippen molar-refractivity contribution in [1.29, 1.82) is 0 Å². The summed E-state index contributed by atoms with van der Waals surface area (Å²) in [7, 11) is 0. The molecule has 5 heteroatoms. The molecule has 0 aromatic carbocycles. The van der Waals surface area contributed by atoms with Crippen molar-refractivity contribution in [2.45, 2.75) is 25.4 Å². The zero-order valence-electron chi connectivity index (χ0n) is 10.7. The second-order valence-electron chi connectivity index (χ2n) is 4.74. The van der Waals surface area contributed by atoms with Crippen LogP contribution in [0.2, 0.25) is 0 Å². The van der Waals surface area contributed by atoms with E-state index >= 15 is 0 Å². The molecular formula is C14H17N3O2. The van der Waals surface area contributed by atoms with Crippen LogP contribution in [-0.4, -0.2) is 34.5 Å². The Kier molecular flexibility index (Phi) is 3.46. The Morgan fingerprint density at radius 3 is 3.26 bits per heavy atom. The van der Waals surface area contributed by atoms with Gasteiger partial charge < -0.3 is 14.5 Å². The number of amides is 1. The number of hydrogen-bond donors (Lipinski definition) is 1. The van der Waals surface area contributed by atoms with Gasteiger partial charge in [0.2, 0.25) is 5.91 Å². The number of pyridine rings is 1. The highest BCUT2D eigenvalue weighted by atomic mass is 16.5. The number of rotatable bonds is 4. The molecule has 0 bridgehead atoms. The van der Waals surface area contributed by atoms with Crippen LogP contribution in [0.15, 0.2) is 30.6 Å². The number of ether oxygens (including phenoxy) is 1. The highest BCUT2D eigenvalue weighted by Crippen LogP contribution is 2.11. The maximum Gasteiger partial charge on any atom is 0.249 e. The number of carbonyl (C=O) groups excluding carboxylic acids is 1. The topological polar surface area (TPSA) is 55.6 Å². The van der Waals surface area contributed by atoms with Gasteiger partial charge in [0, 0.05) is 32.0 Å². The standard InChI is InChI=1S/C14H17N3O2/c18-14(12-4-3-9-19-12)15-7-6-11-10-17-8-2-1-5-13(17)16-11/h1-2,5,8,10,12H,3-4,6-7,9H2,(H,15,18)/t12-/m1/s1. The third-order valence-electron chi connectivity index (χ3n) is 3.32. The number of imidazole rings is 1. The number of fused-ring (bicyclic) bond motifs is 1. The summed E-state index contributed by atoms with van der Waals surface area (Å²) in [5, 5.41) is 2.90. The van der Waals surface area contributed by atoms with Gasteiger partial charge in [0.05, 0.1) is 5.69 Å². The van der Waals surface area contributed by atoms with Gasteiger partial charge in [-0.2, -0.15) is 0 Å². The fourth-order valence-electron chi connectivity index (χ4n) is 2.32. The molecule has 0 saturated carbocycles.